The van der Waals surface area contributed by atoms with Crippen LogP contribution >= 0.6 is 0 Å². The first kappa shape index (κ1) is 31.4. The number of halogens is 6. The average Bonchev–Trinajstić information content (AvgIpc) is 3.58. The Morgan fingerprint density at radius 2 is 1.82 bits per heavy atom. The molecule has 10 nitrogen and oxygen atoms in total. The average molecular weight is 643 g/mol. The van der Waals surface area contributed by atoms with E-state index < -0.39 is 43.0 Å². The molecule has 45 heavy (non-hydrogen) atoms. The fourth-order valence-corrected chi connectivity index (χ4v) is 6.89. The molecular weight excluding hydrogens is 606 g/mol. The molecule has 4 aliphatic rings. The van der Waals surface area contributed by atoms with E-state index in [9.17, 15) is 26.3 Å². The Hall–Kier alpha value is -3.56. The van der Waals surface area contributed by atoms with Crippen molar-refractivity contribution in [1.82, 2.24) is 19.9 Å². The highest BCUT2D eigenvalue weighted by Crippen LogP contribution is 2.56. The number of rotatable bonds is 6. The second-order valence-corrected chi connectivity index (χ2v) is 12.4. The van der Waals surface area contributed by atoms with Crippen LogP contribution in [0.2, 0.25) is 0 Å². The summed E-state index contributed by atoms with van der Waals surface area (Å²) in [6, 6.07) is 1.29. The number of pyridine rings is 1. The Kier molecular flexibility index (Phi) is 8.14. The van der Waals surface area contributed by atoms with Gasteiger partial charge in [-0.05, 0) is 51.7 Å². The molecule has 3 fully saturated rings. The van der Waals surface area contributed by atoms with Gasteiger partial charge in [-0.2, -0.15) is 26.3 Å². The van der Waals surface area contributed by atoms with E-state index in [0.29, 0.717) is 36.7 Å². The van der Waals surface area contributed by atoms with E-state index in [0.717, 1.165) is 30.0 Å². The first-order valence-electron chi connectivity index (χ1n) is 15.1. The number of fused-ring (bicyclic) bond motifs is 2. The lowest BCUT2D eigenvalue weighted by molar-refractivity contribution is -0.169. The summed E-state index contributed by atoms with van der Waals surface area (Å²) in [5, 5.41) is 10.6. The number of likely N-dealkylation sites (tertiary alicyclic amines) is 1. The predicted molar refractivity (Wildman–Crippen MR) is 154 cm³/mol. The molecule has 0 amide bonds. The lowest BCUT2D eigenvalue weighted by atomic mass is 9.66. The quantitative estimate of drug-likeness (QED) is 0.240. The number of nitrogens with one attached hydrogen (secondary N) is 2. The van der Waals surface area contributed by atoms with Gasteiger partial charge in [0.2, 0.25) is 0 Å². The van der Waals surface area contributed by atoms with Gasteiger partial charge in [0, 0.05) is 37.2 Å². The Morgan fingerprint density at radius 3 is 2.42 bits per heavy atom. The number of aromatic nitrogens is 3. The van der Waals surface area contributed by atoms with Crippen LogP contribution < -0.4 is 15.1 Å². The summed E-state index contributed by atoms with van der Waals surface area (Å²) in [6.45, 7) is 4.04. The molecule has 16 heteroatoms. The molecule has 2 aromatic rings. The summed E-state index contributed by atoms with van der Waals surface area (Å²) in [4.78, 5) is 18.6. The van der Waals surface area contributed by atoms with Gasteiger partial charge in [-0.15, -0.1) is 0 Å². The molecule has 0 aromatic carbocycles. The van der Waals surface area contributed by atoms with E-state index in [4.69, 9.17) is 19.9 Å². The first-order chi connectivity index (χ1) is 21.2. The van der Waals surface area contributed by atoms with Crippen molar-refractivity contribution in [2.45, 2.75) is 88.6 Å². The maximum Gasteiger partial charge on any atom is 0.408 e. The van der Waals surface area contributed by atoms with E-state index >= 15 is 0 Å². The molecule has 3 atom stereocenters. The fourth-order valence-electron chi connectivity index (χ4n) is 6.89. The van der Waals surface area contributed by atoms with Crippen LogP contribution in [0.5, 0.6) is 0 Å². The lowest BCUT2D eigenvalue weighted by Crippen LogP contribution is -2.45. The van der Waals surface area contributed by atoms with E-state index in [1.807, 2.05) is 30.9 Å². The van der Waals surface area contributed by atoms with Crippen molar-refractivity contribution < 1.29 is 35.8 Å². The molecule has 5 heterocycles. The second-order valence-electron chi connectivity index (χ2n) is 12.4. The van der Waals surface area contributed by atoms with Crippen molar-refractivity contribution in [1.29, 1.82) is 5.41 Å². The van der Waals surface area contributed by atoms with Crippen LogP contribution in [-0.2, 0) is 21.5 Å². The molecule has 6 rings (SSSR count). The maximum absolute atomic E-state index is 13.5. The van der Waals surface area contributed by atoms with Crippen LogP contribution in [0, 0.1) is 5.41 Å². The lowest BCUT2D eigenvalue weighted by Gasteiger charge is -2.39. The highest BCUT2D eigenvalue weighted by Gasteiger charge is 2.51. The van der Waals surface area contributed by atoms with Gasteiger partial charge in [0.15, 0.2) is 12.4 Å². The number of ether oxygens (including phenoxy) is 2. The fraction of sp³-hybridized carbons (Fsp3) is 0.655. The normalized spacial score (nSPS) is 24.5. The van der Waals surface area contributed by atoms with Crippen LogP contribution in [0.25, 0.3) is 0 Å². The number of hydrogen-bond donors (Lipinski definition) is 2. The number of alkyl halides is 6. The standard InChI is InChI=1S/C29H36F6N8O2/c1-17-12-41(13-18(2)45-17)22-7-6-19(11-37-22)43-16-27(8-4-9-27)23-24(38-15-28(30,31)32)39-21(40-25(23)43)14-44-26(36)42-10-3-5-20(42)29(33,34)35/h6-7,11,17-18,20,36H,3-5,8-10,12-16H2,1-2H3,(H,38,39,40)/t17-,18+,20-/m1/s1. The molecule has 2 saturated heterocycles. The minimum Gasteiger partial charge on any atom is -0.457 e. The predicted octanol–water partition coefficient (Wildman–Crippen LogP) is 5.51. The minimum atomic E-state index is -4.52. The largest absolute Gasteiger partial charge is 0.457 e. The summed E-state index contributed by atoms with van der Waals surface area (Å²) < 4.78 is 91.6. The summed E-state index contributed by atoms with van der Waals surface area (Å²) in [5.74, 6) is 1.14. The molecule has 246 valence electrons. The van der Waals surface area contributed by atoms with Crippen LogP contribution in [0.15, 0.2) is 18.3 Å². The smallest absolute Gasteiger partial charge is 0.408 e. The van der Waals surface area contributed by atoms with E-state index in [2.05, 4.69) is 20.2 Å². The van der Waals surface area contributed by atoms with Gasteiger partial charge >= 0.3 is 12.4 Å². The third-order valence-corrected chi connectivity index (χ3v) is 8.97. The minimum absolute atomic E-state index is 0.00795. The van der Waals surface area contributed by atoms with Crippen molar-refractivity contribution >= 4 is 29.2 Å². The SMILES string of the molecule is C[C@@H]1CN(c2ccc(N3CC4(CCC4)c4c(NCC(F)(F)F)nc(COC(=N)N5CCC[C@@H]5C(F)(F)F)nc43)cn2)C[C@H](C)O1. The maximum atomic E-state index is 13.5. The van der Waals surface area contributed by atoms with E-state index in [1.165, 1.54) is 0 Å². The molecule has 3 aliphatic heterocycles. The Labute approximate surface area is 256 Å². The van der Waals surface area contributed by atoms with Crippen LogP contribution in [0.3, 0.4) is 0 Å². The van der Waals surface area contributed by atoms with Crippen molar-refractivity contribution in [3.05, 3.63) is 29.7 Å². The monoisotopic (exact) mass is 642 g/mol. The van der Waals surface area contributed by atoms with Gasteiger partial charge in [-0.25, -0.2) is 15.0 Å². The summed E-state index contributed by atoms with van der Waals surface area (Å²) in [5.41, 5.74) is 0.815. The van der Waals surface area contributed by atoms with E-state index in [1.54, 1.807) is 6.20 Å². The number of hydrogen-bond acceptors (Lipinski definition) is 9. The van der Waals surface area contributed by atoms with Crippen LogP contribution in [0.4, 0.5) is 49.5 Å². The van der Waals surface area contributed by atoms with Crippen LogP contribution in [-0.4, -0.2) is 89.2 Å². The van der Waals surface area contributed by atoms with Gasteiger partial charge in [-0.3, -0.25) is 5.41 Å². The highest BCUT2D eigenvalue weighted by molar-refractivity contribution is 5.76. The first-order valence-corrected chi connectivity index (χ1v) is 15.1. The molecular formula is C29H36F6N8O2. The Bertz CT molecular complexity index is 1390. The van der Waals surface area contributed by atoms with Gasteiger partial charge < -0.3 is 29.5 Å². The number of nitrogens with zero attached hydrogens (tertiary/aromatic N) is 6. The molecule has 1 saturated carbocycles. The highest BCUT2D eigenvalue weighted by atomic mass is 19.4. The molecule has 0 unspecified atom stereocenters. The van der Waals surface area contributed by atoms with E-state index in [-0.39, 0.29) is 43.2 Å². The molecule has 0 bridgehead atoms. The zero-order valence-electron chi connectivity index (χ0n) is 25.0. The van der Waals surface area contributed by atoms with Gasteiger partial charge in [0.1, 0.15) is 30.0 Å². The molecule has 0 radical (unpaired) electrons. The van der Waals surface area contributed by atoms with Gasteiger partial charge in [-0.1, -0.05) is 6.42 Å². The summed E-state index contributed by atoms with van der Waals surface area (Å²) >= 11 is 0. The molecule has 2 aromatic heterocycles. The third kappa shape index (κ3) is 6.42. The zero-order chi connectivity index (χ0) is 32.1. The third-order valence-electron chi connectivity index (χ3n) is 8.97. The second kappa shape index (κ2) is 11.7. The van der Waals surface area contributed by atoms with Gasteiger partial charge in [0.25, 0.3) is 6.02 Å². The Balaban J connectivity index is 1.30. The van der Waals surface area contributed by atoms with Crippen molar-refractivity contribution in [2.24, 2.45) is 0 Å². The van der Waals surface area contributed by atoms with Gasteiger partial charge in [0.05, 0.1) is 24.1 Å². The summed E-state index contributed by atoms with van der Waals surface area (Å²) in [7, 11) is 0. The molecule has 1 spiro atoms. The molecule has 1 aliphatic carbocycles. The zero-order valence-corrected chi connectivity index (χ0v) is 25.0. The number of anilines is 4. The van der Waals surface area contributed by atoms with Crippen LogP contribution in [0.1, 0.15) is 57.3 Å². The van der Waals surface area contributed by atoms with Crippen molar-refractivity contribution in [2.75, 3.05) is 47.8 Å². The molecule has 2 N–H and O–H groups in total. The Morgan fingerprint density at radius 1 is 1.09 bits per heavy atom. The van der Waals surface area contributed by atoms with Crippen molar-refractivity contribution in [3.63, 3.8) is 0 Å². The number of morpholine rings is 1. The topological polar surface area (TPSA) is 103 Å². The summed E-state index contributed by atoms with van der Waals surface area (Å²) in [6.07, 6.45) is -4.75. The van der Waals surface area contributed by atoms with Crippen molar-refractivity contribution in [3.8, 4) is 0 Å². The number of amidine groups is 1.